The number of hydrogen-bond donors (Lipinski definition) is 17. The fraction of sp³-hybridized carbons (Fsp3) is 0.469. The standard InChI is InChI=1S/C49H72ClN17O8/c1-27(52)33-13-6-20-57-41(69)17-16-37(64-42(70)35(61-28(2)68)14-7-21-58-48(53)54)44(72)65-38(18-19-51)45(73)66-39(24-29-9-5-10-31(50)23-29)46(74)63-36(15-8-22-59-49(55)56)43(71)67-40(47(75)62-33)25-30-26-60-34-12-4-3-11-32(30)34/h3-5,9-12,23,26,33,35-40,60H,1,6-8,13-22,24-25,51-52H2,2H3,(H,57,69)(H,61,68)(H,62,75)(H,63,74)(H,64,70)(H,65,72)(H,66,73)(H,67,71)(H4,53,54,58)(H4,55,56,59)/t33?,35-,36-,37-,38-,39+,40-/m0/s1. The van der Waals surface area contributed by atoms with Crippen LogP contribution in [0.3, 0.4) is 0 Å². The van der Waals surface area contributed by atoms with E-state index in [1.807, 2.05) is 24.3 Å². The van der Waals surface area contributed by atoms with Gasteiger partial charge in [0.05, 0.1) is 6.04 Å². The third kappa shape index (κ3) is 20.5. The largest absolute Gasteiger partial charge is 0.401 e. The monoisotopic (exact) mass is 1060 g/mol. The predicted octanol–water partition coefficient (Wildman–Crippen LogP) is -1.94. The highest BCUT2D eigenvalue weighted by Gasteiger charge is 2.34. The number of nitrogens with two attached hydrogens (primary N) is 4. The molecule has 3 aromatic rings. The van der Waals surface area contributed by atoms with Crippen molar-refractivity contribution in [2.24, 2.45) is 22.9 Å². The normalized spacial score (nSPS) is 21.1. The highest BCUT2D eigenvalue weighted by Crippen LogP contribution is 2.20. The molecule has 75 heavy (non-hydrogen) atoms. The molecule has 0 radical (unpaired) electrons. The van der Waals surface area contributed by atoms with Crippen molar-refractivity contribution >= 4 is 81.7 Å². The molecule has 7 atom stereocenters. The van der Waals surface area contributed by atoms with Crippen molar-refractivity contribution in [2.75, 3.05) is 26.2 Å². The summed E-state index contributed by atoms with van der Waals surface area (Å²) in [6.45, 7) is 5.35. The molecule has 4 rings (SSSR count). The minimum Gasteiger partial charge on any atom is -0.401 e. The molecular weight excluding hydrogens is 990 g/mol. The van der Waals surface area contributed by atoms with E-state index in [1.165, 1.54) is 6.92 Å². The van der Waals surface area contributed by atoms with Crippen LogP contribution in [0.4, 0.5) is 0 Å². The first-order valence-electron chi connectivity index (χ1n) is 24.7. The van der Waals surface area contributed by atoms with Crippen molar-refractivity contribution in [1.82, 2.24) is 58.2 Å². The van der Waals surface area contributed by atoms with Gasteiger partial charge in [-0.25, -0.2) is 0 Å². The van der Waals surface area contributed by atoms with Crippen LogP contribution >= 0.6 is 11.6 Å². The molecule has 1 aromatic heterocycles. The molecule has 0 bridgehead atoms. The van der Waals surface area contributed by atoms with Crippen molar-refractivity contribution in [3.05, 3.63) is 83.2 Å². The second-order valence-electron chi connectivity index (χ2n) is 18.2. The summed E-state index contributed by atoms with van der Waals surface area (Å²) in [5.74, 6) is -6.45. The Kier molecular flexibility index (Phi) is 24.1. The number of rotatable bonds is 18. The zero-order valence-corrected chi connectivity index (χ0v) is 42.8. The Morgan fingerprint density at radius 3 is 2.04 bits per heavy atom. The van der Waals surface area contributed by atoms with E-state index in [1.54, 1.807) is 30.5 Å². The number of hydrogen-bond acceptors (Lipinski definition) is 12. The number of para-hydroxylation sites is 1. The first-order valence-corrected chi connectivity index (χ1v) is 25.1. The fourth-order valence-corrected chi connectivity index (χ4v) is 8.48. The quantitative estimate of drug-likeness (QED) is 0.0375. The lowest BCUT2D eigenvalue weighted by Crippen LogP contribution is -2.60. The lowest BCUT2D eigenvalue weighted by Gasteiger charge is -2.28. The van der Waals surface area contributed by atoms with Crippen LogP contribution in [0.5, 0.6) is 0 Å². The van der Waals surface area contributed by atoms with Gasteiger partial charge in [0.25, 0.3) is 0 Å². The average molecular weight is 1060 g/mol. The van der Waals surface area contributed by atoms with Crippen LogP contribution in [0.2, 0.25) is 5.02 Å². The van der Waals surface area contributed by atoms with Gasteiger partial charge in [0.1, 0.15) is 36.3 Å². The number of fused-ring (bicyclic) bond motifs is 1. The molecule has 0 spiro atoms. The SMILES string of the molecule is C=C(N)C1CCCNC(=O)CC[C@H](NC(=O)[C@H](CCCNC(=N)N)NC(C)=O)C(=O)N[C@@H](CCN)C(=O)N[C@H](Cc2cccc(Cl)c2)C(=O)N[C@@H](CCCNC(=N)N)C(=O)N[C@@H](Cc2c[nH]c3ccccc23)C(=O)N1. The van der Waals surface area contributed by atoms with Gasteiger partial charge in [-0.15, -0.1) is 0 Å². The summed E-state index contributed by atoms with van der Waals surface area (Å²) < 4.78 is 0. The van der Waals surface area contributed by atoms with Crippen molar-refractivity contribution in [3.63, 3.8) is 0 Å². The summed E-state index contributed by atoms with van der Waals surface area (Å²) in [4.78, 5) is 115. The van der Waals surface area contributed by atoms with Crippen molar-refractivity contribution in [2.45, 2.75) is 120 Å². The number of nitrogens with one attached hydrogen (secondary N) is 13. The summed E-state index contributed by atoms with van der Waals surface area (Å²) >= 11 is 6.34. The van der Waals surface area contributed by atoms with Gasteiger partial charge in [-0.3, -0.25) is 49.2 Å². The third-order valence-electron chi connectivity index (χ3n) is 12.1. The van der Waals surface area contributed by atoms with Gasteiger partial charge >= 0.3 is 0 Å². The van der Waals surface area contributed by atoms with E-state index in [9.17, 15) is 38.4 Å². The maximum absolute atomic E-state index is 14.6. The topological polar surface area (TPSA) is 424 Å². The Labute approximate surface area is 439 Å². The third-order valence-corrected chi connectivity index (χ3v) is 12.4. The minimum atomic E-state index is -1.45. The van der Waals surface area contributed by atoms with Crippen molar-refractivity contribution < 1.29 is 38.4 Å². The molecule has 1 aliphatic heterocycles. The van der Waals surface area contributed by atoms with Crippen molar-refractivity contribution in [1.29, 1.82) is 10.8 Å². The molecule has 21 N–H and O–H groups in total. The van der Waals surface area contributed by atoms with E-state index in [0.29, 0.717) is 16.1 Å². The summed E-state index contributed by atoms with van der Waals surface area (Å²) in [7, 11) is 0. The summed E-state index contributed by atoms with van der Waals surface area (Å²) in [6.07, 6.45) is 1.77. The van der Waals surface area contributed by atoms with Crippen LogP contribution in [-0.4, -0.2) is 133 Å². The van der Waals surface area contributed by atoms with E-state index in [4.69, 9.17) is 45.4 Å². The number of H-pyrrole nitrogens is 1. The number of benzene rings is 2. The van der Waals surface area contributed by atoms with Gasteiger partial charge in [-0.2, -0.15) is 0 Å². The molecule has 25 nitrogen and oxygen atoms in total. The lowest BCUT2D eigenvalue weighted by molar-refractivity contribution is -0.135. The predicted molar refractivity (Wildman–Crippen MR) is 283 cm³/mol. The second kappa shape index (κ2) is 30.3. The fourth-order valence-electron chi connectivity index (χ4n) is 8.27. The van der Waals surface area contributed by atoms with Crippen LogP contribution < -0.4 is 76.1 Å². The van der Waals surface area contributed by atoms with E-state index >= 15 is 0 Å². The molecule has 1 fully saturated rings. The van der Waals surface area contributed by atoms with Crippen molar-refractivity contribution in [3.8, 4) is 0 Å². The van der Waals surface area contributed by atoms with Crippen LogP contribution in [0.25, 0.3) is 10.9 Å². The number of guanidine groups is 2. The van der Waals surface area contributed by atoms with Gasteiger partial charge in [-0.1, -0.05) is 48.5 Å². The van der Waals surface area contributed by atoms with E-state index in [2.05, 4.69) is 64.7 Å². The average Bonchev–Trinajstić information content (AvgIpc) is 3.76. The van der Waals surface area contributed by atoms with Crippen LogP contribution in [-0.2, 0) is 51.2 Å². The molecule has 1 unspecified atom stereocenters. The molecule has 0 saturated carbocycles. The van der Waals surface area contributed by atoms with Crippen LogP contribution in [0.1, 0.15) is 75.8 Å². The summed E-state index contributed by atoms with van der Waals surface area (Å²) in [5.41, 5.74) is 25.2. The minimum absolute atomic E-state index is 0.0103. The molecule has 0 aliphatic carbocycles. The maximum Gasteiger partial charge on any atom is 0.243 e. The number of carbonyl (C=O) groups excluding carboxylic acids is 8. The first kappa shape index (κ1) is 59.6. The Balaban J connectivity index is 1.76. The molecule has 1 aliphatic rings. The smallest absolute Gasteiger partial charge is 0.243 e. The number of amides is 8. The summed E-state index contributed by atoms with van der Waals surface area (Å²) in [5, 5.41) is 43.2. The highest BCUT2D eigenvalue weighted by atomic mass is 35.5. The van der Waals surface area contributed by atoms with Gasteiger partial charge < -0.3 is 81.1 Å². The Hall–Kier alpha value is -7.93. The number of halogens is 1. The number of carbonyl (C=O) groups is 8. The first-order chi connectivity index (χ1) is 35.7. The van der Waals surface area contributed by atoms with Gasteiger partial charge in [0.15, 0.2) is 11.9 Å². The van der Waals surface area contributed by atoms with E-state index in [-0.39, 0.29) is 114 Å². The van der Waals surface area contributed by atoms with Crippen LogP contribution in [0, 0.1) is 10.8 Å². The number of aromatic amines is 1. The molecule has 26 heteroatoms. The van der Waals surface area contributed by atoms with Gasteiger partial charge in [0, 0.05) is 73.6 Å². The van der Waals surface area contributed by atoms with E-state index < -0.39 is 89.6 Å². The zero-order valence-electron chi connectivity index (χ0n) is 42.0. The zero-order chi connectivity index (χ0) is 55.0. The highest BCUT2D eigenvalue weighted by molar-refractivity contribution is 6.30. The van der Waals surface area contributed by atoms with E-state index in [0.717, 1.165) is 10.9 Å². The molecule has 2 heterocycles. The Morgan fingerprint density at radius 1 is 0.773 bits per heavy atom. The molecular formula is C49H72ClN17O8. The Bertz CT molecular complexity index is 2520. The molecule has 408 valence electrons. The van der Waals surface area contributed by atoms with Crippen LogP contribution in [0.15, 0.2) is 67.0 Å². The lowest BCUT2D eigenvalue weighted by atomic mass is 10.0. The number of aromatic nitrogens is 1. The van der Waals surface area contributed by atoms with Gasteiger partial charge in [0.2, 0.25) is 47.3 Å². The molecule has 8 amide bonds. The second-order valence-corrected chi connectivity index (χ2v) is 18.6. The Morgan fingerprint density at radius 2 is 1.39 bits per heavy atom. The molecule has 2 aromatic carbocycles. The maximum atomic E-state index is 14.6. The van der Waals surface area contributed by atoms with Gasteiger partial charge in [-0.05, 0) is 87.2 Å². The molecule has 1 saturated heterocycles. The summed E-state index contributed by atoms with van der Waals surface area (Å²) in [6, 6.07) is 5.02.